The van der Waals surface area contributed by atoms with Gasteiger partial charge in [-0.05, 0) is 25.1 Å². The molecule has 0 unspecified atom stereocenters. The van der Waals surface area contributed by atoms with Crippen molar-refractivity contribution in [2.24, 2.45) is 5.10 Å². The van der Waals surface area contributed by atoms with Crippen LogP contribution in [0.2, 0.25) is 0 Å². The summed E-state index contributed by atoms with van der Waals surface area (Å²) in [7, 11) is 0. The number of nitrogens with zero attached hydrogens (tertiary/aromatic N) is 2. The van der Waals surface area contributed by atoms with Gasteiger partial charge in [-0.15, -0.1) is 0 Å². The first-order valence-electron chi connectivity index (χ1n) is 9.22. The van der Waals surface area contributed by atoms with Crippen LogP contribution in [-0.2, 0) is 19.1 Å². The number of carbonyl (C=O) groups excluding carboxylic acids is 3. The van der Waals surface area contributed by atoms with Crippen LogP contribution in [0.5, 0.6) is 0 Å². The summed E-state index contributed by atoms with van der Waals surface area (Å²) in [5.41, 5.74) is 0.633. The summed E-state index contributed by atoms with van der Waals surface area (Å²) in [4.78, 5) is 36.4. The molecular formula is C21H19F2N3O4. The third-order valence-corrected chi connectivity index (χ3v) is 4.41. The molecule has 1 aliphatic heterocycles. The summed E-state index contributed by atoms with van der Waals surface area (Å²) in [6.07, 6.45) is 0.176. The van der Waals surface area contributed by atoms with Gasteiger partial charge >= 0.3 is 5.97 Å². The van der Waals surface area contributed by atoms with Gasteiger partial charge in [0.1, 0.15) is 17.3 Å². The van der Waals surface area contributed by atoms with Crippen LogP contribution >= 0.6 is 0 Å². The highest BCUT2D eigenvalue weighted by Gasteiger charge is 2.27. The van der Waals surface area contributed by atoms with Crippen molar-refractivity contribution < 1.29 is 27.9 Å². The molecule has 0 aliphatic carbocycles. The van der Waals surface area contributed by atoms with Crippen LogP contribution in [0.15, 0.2) is 53.6 Å². The van der Waals surface area contributed by atoms with Crippen LogP contribution in [0.1, 0.15) is 31.4 Å². The zero-order valence-electron chi connectivity index (χ0n) is 16.1. The molecule has 0 aromatic heterocycles. The monoisotopic (exact) mass is 415 g/mol. The number of hydrazone groups is 1. The maximum atomic E-state index is 13.8. The topological polar surface area (TPSA) is 88.1 Å². The van der Waals surface area contributed by atoms with E-state index in [0.717, 1.165) is 17.1 Å². The molecule has 9 heteroatoms. The van der Waals surface area contributed by atoms with Gasteiger partial charge in [-0.25, -0.2) is 18.6 Å². The summed E-state index contributed by atoms with van der Waals surface area (Å²) in [6, 6.07) is 10.9. The van der Waals surface area contributed by atoms with E-state index in [-0.39, 0.29) is 30.0 Å². The molecule has 0 fully saturated rings. The van der Waals surface area contributed by atoms with Gasteiger partial charge < -0.3 is 10.1 Å². The lowest BCUT2D eigenvalue weighted by Crippen LogP contribution is -2.36. The fourth-order valence-corrected chi connectivity index (χ4v) is 2.90. The van der Waals surface area contributed by atoms with Gasteiger partial charge in [-0.2, -0.15) is 5.10 Å². The molecule has 1 N–H and O–H groups in total. The smallest absolute Gasteiger partial charge is 0.355 e. The minimum atomic E-state index is -0.820. The number of esters is 1. The van der Waals surface area contributed by atoms with Crippen LogP contribution in [0.3, 0.4) is 0 Å². The Labute approximate surface area is 171 Å². The molecule has 0 bridgehead atoms. The van der Waals surface area contributed by atoms with E-state index in [9.17, 15) is 23.2 Å². The third-order valence-electron chi connectivity index (χ3n) is 4.41. The van der Waals surface area contributed by atoms with Crippen molar-refractivity contribution in [3.8, 4) is 0 Å². The van der Waals surface area contributed by atoms with Crippen LogP contribution in [-0.4, -0.2) is 30.1 Å². The molecule has 0 spiro atoms. The van der Waals surface area contributed by atoms with Crippen molar-refractivity contribution in [3.05, 3.63) is 65.7 Å². The lowest BCUT2D eigenvalue weighted by Gasteiger charge is -2.22. The molecule has 7 nitrogen and oxygen atoms in total. The minimum Gasteiger partial charge on any atom is -0.451 e. The summed E-state index contributed by atoms with van der Waals surface area (Å²) in [5.74, 6) is -3.25. The largest absolute Gasteiger partial charge is 0.451 e. The van der Waals surface area contributed by atoms with Crippen molar-refractivity contribution in [2.75, 3.05) is 11.6 Å². The Kier molecular flexibility index (Phi) is 6.51. The summed E-state index contributed by atoms with van der Waals surface area (Å²) in [6.45, 7) is 0.912. The lowest BCUT2D eigenvalue weighted by atomic mass is 10.1. The fourth-order valence-electron chi connectivity index (χ4n) is 2.90. The Hall–Kier alpha value is -3.62. The first-order chi connectivity index (χ1) is 14.3. The molecule has 1 aliphatic rings. The average Bonchev–Trinajstić information content (AvgIpc) is 2.73. The number of halogens is 2. The standard InChI is InChI=1S/C21H19F2N3O4/c1-13(16-8-7-14(22)11-17(16)23)24-19(27)12-30-21(29)18-9-10-20(28)26(25-18)15-5-3-2-4-6-15/h2-8,11,13H,9-10,12H2,1H3,(H,24,27)/t13-/m0/s1. The van der Waals surface area contributed by atoms with E-state index < -0.39 is 36.2 Å². The van der Waals surface area contributed by atoms with Gasteiger partial charge in [0.15, 0.2) is 6.61 Å². The van der Waals surface area contributed by atoms with Gasteiger partial charge in [0, 0.05) is 24.5 Å². The summed E-state index contributed by atoms with van der Waals surface area (Å²) in [5, 5.41) is 7.65. The minimum absolute atomic E-state index is 0.0175. The molecule has 2 aromatic rings. The number of hydrogen-bond donors (Lipinski definition) is 1. The molecule has 1 atom stereocenters. The van der Waals surface area contributed by atoms with Crippen molar-refractivity contribution in [1.82, 2.24) is 5.32 Å². The molecule has 30 heavy (non-hydrogen) atoms. The van der Waals surface area contributed by atoms with Crippen LogP contribution < -0.4 is 10.3 Å². The molecule has 2 amide bonds. The normalized spacial score (nSPS) is 14.7. The van der Waals surface area contributed by atoms with E-state index in [4.69, 9.17) is 4.74 Å². The van der Waals surface area contributed by atoms with Gasteiger partial charge in [0.05, 0.1) is 11.7 Å². The number of ether oxygens (including phenoxy) is 1. The first kappa shape index (κ1) is 21.1. The number of nitrogens with one attached hydrogen (secondary N) is 1. The van der Waals surface area contributed by atoms with Gasteiger partial charge in [0.25, 0.3) is 5.91 Å². The van der Waals surface area contributed by atoms with E-state index >= 15 is 0 Å². The molecule has 156 valence electrons. The lowest BCUT2D eigenvalue weighted by molar-refractivity contribution is -0.142. The van der Waals surface area contributed by atoms with Crippen molar-refractivity contribution >= 4 is 29.2 Å². The highest BCUT2D eigenvalue weighted by molar-refractivity contribution is 6.38. The van der Waals surface area contributed by atoms with Crippen LogP contribution in [0.25, 0.3) is 0 Å². The number of amides is 2. The van der Waals surface area contributed by atoms with Gasteiger partial charge in [0.2, 0.25) is 5.91 Å². The average molecular weight is 415 g/mol. The first-order valence-corrected chi connectivity index (χ1v) is 9.22. The van der Waals surface area contributed by atoms with E-state index in [2.05, 4.69) is 10.4 Å². The maximum absolute atomic E-state index is 13.8. The third kappa shape index (κ3) is 5.05. The Morgan fingerprint density at radius 1 is 1.17 bits per heavy atom. The molecule has 3 rings (SSSR count). The van der Waals surface area contributed by atoms with Gasteiger partial charge in [-0.1, -0.05) is 24.3 Å². The van der Waals surface area contributed by atoms with Crippen molar-refractivity contribution in [2.45, 2.75) is 25.8 Å². The zero-order valence-corrected chi connectivity index (χ0v) is 16.1. The molecule has 1 heterocycles. The number of hydrogen-bond acceptors (Lipinski definition) is 5. The molecule has 2 aromatic carbocycles. The van der Waals surface area contributed by atoms with Crippen LogP contribution in [0.4, 0.5) is 14.5 Å². The zero-order chi connectivity index (χ0) is 21.7. The van der Waals surface area contributed by atoms with E-state index in [1.165, 1.54) is 13.0 Å². The van der Waals surface area contributed by atoms with Gasteiger partial charge in [-0.3, -0.25) is 9.59 Å². The van der Waals surface area contributed by atoms with E-state index in [1.807, 2.05) is 0 Å². The second-order valence-electron chi connectivity index (χ2n) is 6.62. The van der Waals surface area contributed by atoms with E-state index in [0.29, 0.717) is 5.69 Å². The Balaban J connectivity index is 1.58. The Morgan fingerprint density at radius 2 is 1.90 bits per heavy atom. The highest BCUT2D eigenvalue weighted by Crippen LogP contribution is 2.20. The SMILES string of the molecule is C[C@H](NC(=O)COC(=O)C1=NN(c2ccccc2)C(=O)CC1)c1ccc(F)cc1F. The Bertz CT molecular complexity index is 995. The molecule has 0 saturated heterocycles. The maximum Gasteiger partial charge on any atom is 0.355 e. The summed E-state index contributed by atoms with van der Waals surface area (Å²) >= 11 is 0. The molecule has 0 saturated carbocycles. The summed E-state index contributed by atoms with van der Waals surface area (Å²) < 4.78 is 31.8. The quantitative estimate of drug-likeness (QED) is 0.735. The Morgan fingerprint density at radius 3 is 2.60 bits per heavy atom. The number of rotatable bonds is 6. The van der Waals surface area contributed by atoms with Crippen molar-refractivity contribution in [1.29, 1.82) is 0 Å². The van der Waals surface area contributed by atoms with Crippen LogP contribution in [0, 0.1) is 11.6 Å². The number of anilines is 1. The molecular weight excluding hydrogens is 396 g/mol. The predicted molar refractivity (Wildman–Crippen MR) is 104 cm³/mol. The second kappa shape index (κ2) is 9.25. The van der Waals surface area contributed by atoms with E-state index in [1.54, 1.807) is 30.3 Å². The molecule has 0 radical (unpaired) electrons. The number of para-hydroxylation sites is 1. The predicted octanol–water partition coefficient (Wildman–Crippen LogP) is 2.87. The number of benzene rings is 2. The second-order valence-corrected chi connectivity index (χ2v) is 6.62. The highest BCUT2D eigenvalue weighted by atomic mass is 19.1. The fraction of sp³-hybridized carbons (Fsp3) is 0.238. The number of carbonyl (C=O) groups is 3. The van der Waals surface area contributed by atoms with Crippen molar-refractivity contribution in [3.63, 3.8) is 0 Å².